The van der Waals surface area contributed by atoms with Gasteiger partial charge in [-0.05, 0) is 12.1 Å². The molecule has 0 amide bonds. The van der Waals surface area contributed by atoms with E-state index in [1.807, 2.05) is 0 Å². The van der Waals surface area contributed by atoms with Crippen molar-refractivity contribution < 1.29 is 8.42 Å². The van der Waals surface area contributed by atoms with Gasteiger partial charge in [0.25, 0.3) is 0 Å². The standard InChI is InChI=1S/C10H10N2O2S2/c1-16(13,14)8-4-2-3-7(11)9(8)10-12-5-6-15-10/h2-6H,11H2,1H3. The van der Waals surface area contributed by atoms with E-state index in [-0.39, 0.29) is 4.90 Å². The second-order valence-corrected chi connectivity index (χ2v) is 6.21. The van der Waals surface area contributed by atoms with Crippen LogP contribution in [-0.2, 0) is 9.84 Å². The Kier molecular flexibility index (Phi) is 2.69. The van der Waals surface area contributed by atoms with Crippen LogP contribution in [0.5, 0.6) is 0 Å². The molecule has 2 aromatic rings. The summed E-state index contributed by atoms with van der Waals surface area (Å²) in [6, 6.07) is 4.84. The summed E-state index contributed by atoms with van der Waals surface area (Å²) in [5.41, 5.74) is 6.74. The third kappa shape index (κ3) is 1.94. The summed E-state index contributed by atoms with van der Waals surface area (Å²) in [7, 11) is -3.30. The van der Waals surface area contributed by atoms with Gasteiger partial charge in [0.1, 0.15) is 5.01 Å². The molecule has 0 saturated heterocycles. The predicted octanol–water partition coefficient (Wildman–Crippen LogP) is 1.80. The molecule has 4 nitrogen and oxygen atoms in total. The number of hydrogen-bond acceptors (Lipinski definition) is 5. The zero-order chi connectivity index (χ0) is 11.8. The Labute approximate surface area is 97.7 Å². The first-order valence-corrected chi connectivity index (χ1v) is 7.25. The number of nitrogen functional groups attached to an aromatic ring is 1. The maximum Gasteiger partial charge on any atom is 0.176 e. The SMILES string of the molecule is CS(=O)(=O)c1cccc(N)c1-c1nccs1. The van der Waals surface area contributed by atoms with Crippen LogP contribution in [0.15, 0.2) is 34.7 Å². The Bertz CT molecular complexity index is 604. The Morgan fingerprint density at radius 3 is 2.69 bits per heavy atom. The van der Waals surface area contributed by atoms with E-state index in [1.54, 1.807) is 29.8 Å². The van der Waals surface area contributed by atoms with E-state index in [0.717, 1.165) is 0 Å². The van der Waals surface area contributed by atoms with E-state index in [9.17, 15) is 8.42 Å². The lowest BCUT2D eigenvalue weighted by atomic mass is 10.2. The molecule has 1 heterocycles. The van der Waals surface area contributed by atoms with Gasteiger partial charge in [0.05, 0.1) is 10.5 Å². The van der Waals surface area contributed by atoms with Crippen molar-refractivity contribution in [3.05, 3.63) is 29.8 Å². The zero-order valence-corrected chi connectivity index (χ0v) is 10.2. The van der Waals surface area contributed by atoms with Crippen LogP contribution in [0.1, 0.15) is 0 Å². The third-order valence-electron chi connectivity index (χ3n) is 2.10. The van der Waals surface area contributed by atoms with Gasteiger partial charge in [-0.2, -0.15) is 0 Å². The van der Waals surface area contributed by atoms with E-state index in [0.29, 0.717) is 16.3 Å². The van der Waals surface area contributed by atoms with Gasteiger partial charge in [-0.3, -0.25) is 0 Å². The Hall–Kier alpha value is -1.40. The summed E-state index contributed by atoms with van der Waals surface area (Å²) < 4.78 is 23.2. The number of rotatable bonds is 2. The number of nitrogens with zero attached hydrogens (tertiary/aromatic N) is 1. The molecule has 0 saturated carbocycles. The molecule has 2 N–H and O–H groups in total. The van der Waals surface area contributed by atoms with Crippen LogP contribution in [-0.4, -0.2) is 19.7 Å². The smallest absolute Gasteiger partial charge is 0.176 e. The van der Waals surface area contributed by atoms with Crippen molar-refractivity contribution in [3.8, 4) is 10.6 Å². The van der Waals surface area contributed by atoms with Crippen molar-refractivity contribution >= 4 is 26.9 Å². The lowest BCUT2D eigenvalue weighted by molar-refractivity contribution is 0.602. The van der Waals surface area contributed by atoms with Gasteiger partial charge in [-0.1, -0.05) is 6.07 Å². The fraction of sp³-hybridized carbons (Fsp3) is 0.100. The molecule has 1 aromatic carbocycles. The molecule has 0 fully saturated rings. The summed E-state index contributed by atoms with van der Waals surface area (Å²) in [6.07, 6.45) is 2.79. The Morgan fingerprint density at radius 2 is 2.12 bits per heavy atom. The second-order valence-electron chi connectivity index (χ2n) is 3.33. The van der Waals surface area contributed by atoms with Crippen LogP contribution >= 0.6 is 11.3 Å². The van der Waals surface area contributed by atoms with Crippen molar-refractivity contribution in [2.45, 2.75) is 4.90 Å². The molecule has 2 rings (SSSR count). The van der Waals surface area contributed by atoms with Gasteiger partial charge in [0.15, 0.2) is 9.84 Å². The van der Waals surface area contributed by atoms with Crippen LogP contribution < -0.4 is 5.73 Å². The molecular weight excluding hydrogens is 244 g/mol. The maximum absolute atomic E-state index is 11.6. The Morgan fingerprint density at radius 1 is 1.38 bits per heavy atom. The van der Waals surface area contributed by atoms with Crippen LogP contribution in [0, 0.1) is 0 Å². The minimum absolute atomic E-state index is 0.224. The number of hydrogen-bond donors (Lipinski definition) is 1. The predicted molar refractivity (Wildman–Crippen MR) is 65.1 cm³/mol. The number of nitrogens with two attached hydrogens (primary N) is 1. The van der Waals surface area contributed by atoms with E-state index in [4.69, 9.17) is 5.73 Å². The van der Waals surface area contributed by atoms with E-state index < -0.39 is 9.84 Å². The van der Waals surface area contributed by atoms with Crippen LogP contribution in [0.3, 0.4) is 0 Å². The van der Waals surface area contributed by atoms with Crippen molar-refractivity contribution in [1.82, 2.24) is 4.98 Å². The first-order valence-electron chi connectivity index (χ1n) is 4.48. The zero-order valence-electron chi connectivity index (χ0n) is 8.54. The fourth-order valence-electron chi connectivity index (χ4n) is 1.43. The molecule has 0 unspecified atom stereocenters. The molecule has 0 aliphatic carbocycles. The number of thiazole rings is 1. The quantitative estimate of drug-likeness (QED) is 0.829. The lowest BCUT2D eigenvalue weighted by Gasteiger charge is -2.07. The van der Waals surface area contributed by atoms with Gasteiger partial charge in [0, 0.05) is 23.5 Å². The summed E-state index contributed by atoms with van der Waals surface area (Å²) in [5.74, 6) is 0. The number of aromatic nitrogens is 1. The van der Waals surface area contributed by atoms with Gasteiger partial charge in [0.2, 0.25) is 0 Å². The molecular formula is C10H10N2O2S2. The number of anilines is 1. The lowest BCUT2D eigenvalue weighted by Crippen LogP contribution is -2.02. The summed E-state index contributed by atoms with van der Waals surface area (Å²) in [6.45, 7) is 0. The van der Waals surface area contributed by atoms with Crippen molar-refractivity contribution in [2.24, 2.45) is 0 Å². The van der Waals surface area contributed by atoms with Gasteiger partial charge in [-0.25, -0.2) is 13.4 Å². The molecule has 16 heavy (non-hydrogen) atoms. The highest BCUT2D eigenvalue weighted by atomic mass is 32.2. The van der Waals surface area contributed by atoms with Crippen molar-refractivity contribution in [2.75, 3.05) is 12.0 Å². The maximum atomic E-state index is 11.6. The molecule has 6 heteroatoms. The largest absolute Gasteiger partial charge is 0.398 e. The third-order valence-corrected chi connectivity index (χ3v) is 4.03. The van der Waals surface area contributed by atoms with Crippen LogP contribution in [0.4, 0.5) is 5.69 Å². The summed E-state index contributed by atoms with van der Waals surface area (Å²) in [4.78, 5) is 4.32. The molecule has 0 atom stereocenters. The second kappa shape index (κ2) is 3.88. The van der Waals surface area contributed by atoms with Gasteiger partial charge < -0.3 is 5.73 Å². The first-order chi connectivity index (χ1) is 7.50. The van der Waals surface area contributed by atoms with Crippen molar-refractivity contribution in [3.63, 3.8) is 0 Å². The topological polar surface area (TPSA) is 73.0 Å². The van der Waals surface area contributed by atoms with Crippen LogP contribution in [0.25, 0.3) is 10.6 Å². The van der Waals surface area contributed by atoms with E-state index in [1.165, 1.54) is 17.6 Å². The molecule has 0 aliphatic rings. The molecule has 0 radical (unpaired) electrons. The number of benzene rings is 1. The normalized spacial score (nSPS) is 11.6. The number of sulfone groups is 1. The van der Waals surface area contributed by atoms with Gasteiger partial charge >= 0.3 is 0 Å². The van der Waals surface area contributed by atoms with E-state index in [2.05, 4.69) is 4.98 Å². The monoisotopic (exact) mass is 254 g/mol. The van der Waals surface area contributed by atoms with Crippen LogP contribution in [0.2, 0.25) is 0 Å². The molecule has 84 valence electrons. The Balaban J connectivity index is 2.78. The minimum Gasteiger partial charge on any atom is -0.398 e. The summed E-state index contributed by atoms with van der Waals surface area (Å²) >= 11 is 1.36. The first kappa shape index (κ1) is 11.1. The average molecular weight is 254 g/mol. The highest BCUT2D eigenvalue weighted by Gasteiger charge is 2.18. The molecule has 1 aromatic heterocycles. The van der Waals surface area contributed by atoms with E-state index >= 15 is 0 Å². The molecule has 0 bridgehead atoms. The average Bonchev–Trinajstić information content (AvgIpc) is 2.68. The minimum atomic E-state index is -3.30. The molecule has 0 spiro atoms. The van der Waals surface area contributed by atoms with Gasteiger partial charge in [-0.15, -0.1) is 11.3 Å². The summed E-state index contributed by atoms with van der Waals surface area (Å²) in [5, 5.41) is 2.41. The molecule has 0 aliphatic heterocycles. The highest BCUT2D eigenvalue weighted by molar-refractivity contribution is 7.90. The fourth-order valence-corrected chi connectivity index (χ4v) is 3.13. The van der Waals surface area contributed by atoms with Crippen molar-refractivity contribution in [1.29, 1.82) is 0 Å². The highest BCUT2D eigenvalue weighted by Crippen LogP contribution is 2.33.